The molecule has 0 saturated carbocycles. The maximum atomic E-state index is 14.3. The van der Waals surface area contributed by atoms with E-state index in [0.29, 0.717) is 41.9 Å². The lowest BCUT2D eigenvalue weighted by Crippen LogP contribution is -2.57. The standard InChI is InChI=1S/C32H40FN4O6PS/c1-3-19-4-6-23(35-31(38)29-14-21-13-20(5-9-28(21)45-29)30(33)44(40,41)42)18-37-24(12-19)7-8-26(37)32(39)36-16-22(17-36)25-15-34-11-10-27(25)43-2/h5,9-11,13-15,19,22-24,26,30H,3-4,6-8,12,16-18H2,1-2H3,(H,35,38)(H2,40,41,42)/t19-,23+,24-,26+,30?/m1/s1. The van der Waals surface area contributed by atoms with Crippen LogP contribution < -0.4 is 10.1 Å². The molecule has 0 spiro atoms. The fourth-order valence-corrected chi connectivity index (χ4v) is 8.73. The number of hydrogen-bond acceptors (Lipinski definition) is 7. The summed E-state index contributed by atoms with van der Waals surface area (Å²) in [6.45, 7) is 4.07. The third-order valence-electron chi connectivity index (χ3n) is 9.80. The smallest absolute Gasteiger partial charge is 0.363 e. The van der Waals surface area contributed by atoms with E-state index in [0.717, 1.165) is 54.5 Å². The monoisotopic (exact) mass is 658 g/mol. The van der Waals surface area contributed by atoms with Crippen molar-refractivity contribution in [2.45, 2.75) is 75.4 Å². The molecule has 1 aromatic carbocycles. The van der Waals surface area contributed by atoms with Crippen LogP contribution in [0.5, 0.6) is 5.75 Å². The van der Waals surface area contributed by atoms with Gasteiger partial charge in [-0.15, -0.1) is 11.3 Å². The van der Waals surface area contributed by atoms with Crippen molar-refractivity contribution in [1.29, 1.82) is 0 Å². The number of benzene rings is 1. The van der Waals surface area contributed by atoms with Crippen molar-refractivity contribution in [3.8, 4) is 5.75 Å². The Morgan fingerprint density at radius 3 is 2.69 bits per heavy atom. The molecule has 3 aliphatic heterocycles. The van der Waals surface area contributed by atoms with E-state index < -0.39 is 13.5 Å². The maximum Gasteiger partial charge on any atom is 0.363 e. The van der Waals surface area contributed by atoms with E-state index in [4.69, 9.17) is 4.74 Å². The zero-order valence-corrected chi connectivity index (χ0v) is 27.2. The molecule has 3 aliphatic rings. The Labute approximate surface area is 266 Å². The second kappa shape index (κ2) is 13.1. The number of thiophene rings is 1. The number of carbonyl (C=O) groups is 2. The number of halogens is 1. The molecule has 5 atom stereocenters. The summed E-state index contributed by atoms with van der Waals surface area (Å²) in [6.07, 6.45) is 9.21. The Kier molecular flexibility index (Phi) is 9.32. The van der Waals surface area contributed by atoms with Crippen LogP contribution in [-0.2, 0) is 9.36 Å². The topological polar surface area (TPSA) is 132 Å². The normalized spacial score (nSPS) is 25.2. The van der Waals surface area contributed by atoms with E-state index in [2.05, 4.69) is 22.1 Å². The molecule has 242 valence electrons. The van der Waals surface area contributed by atoms with E-state index >= 15 is 0 Å². The number of methoxy groups -OCH3 is 1. The van der Waals surface area contributed by atoms with Crippen LogP contribution in [0, 0.1) is 5.92 Å². The van der Waals surface area contributed by atoms with Crippen LogP contribution in [0.3, 0.4) is 0 Å². The summed E-state index contributed by atoms with van der Waals surface area (Å²) in [6, 6.07) is 7.76. The summed E-state index contributed by atoms with van der Waals surface area (Å²) in [4.78, 5) is 54.8. The van der Waals surface area contributed by atoms with Gasteiger partial charge < -0.3 is 24.7 Å². The molecule has 2 aromatic heterocycles. The fourth-order valence-electron chi connectivity index (χ4n) is 7.23. The Bertz CT molecular complexity index is 1610. The molecule has 10 nitrogen and oxygen atoms in total. The summed E-state index contributed by atoms with van der Waals surface area (Å²) in [5.74, 6) is -0.992. The minimum atomic E-state index is -4.94. The molecule has 3 aromatic rings. The minimum absolute atomic E-state index is 0.116. The molecule has 1 unspecified atom stereocenters. The zero-order valence-electron chi connectivity index (χ0n) is 25.5. The third kappa shape index (κ3) is 6.67. The second-order valence-electron chi connectivity index (χ2n) is 12.6. The first-order valence-corrected chi connectivity index (χ1v) is 18.1. The van der Waals surface area contributed by atoms with Crippen LogP contribution in [0.4, 0.5) is 4.39 Å². The number of carbonyl (C=O) groups excluding carboxylic acids is 2. The van der Waals surface area contributed by atoms with Crippen molar-refractivity contribution < 1.29 is 33.1 Å². The summed E-state index contributed by atoms with van der Waals surface area (Å²) in [5, 5.41) is 3.79. The second-order valence-corrected chi connectivity index (χ2v) is 15.3. The lowest BCUT2D eigenvalue weighted by molar-refractivity contribution is -0.141. The number of fused-ring (bicyclic) bond motifs is 2. The zero-order chi connectivity index (χ0) is 31.9. The van der Waals surface area contributed by atoms with Crippen LogP contribution in [0.1, 0.15) is 78.1 Å². The Morgan fingerprint density at radius 1 is 1.16 bits per heavy atom. The molecule has 13 heteroatoms. The number of ether oxygens (including phenoxy) is 1. The van der Waals surface area contributed by atoms with Gasteiger partial charge in [0.25, 0.3) is 5.91 Å². The number of amides is 2. The van der Waals surface area contributed by atoms with E-state index in [1.54, 1.807) is 25.4 Å². The average molecular weight is 659 g/mol. The number of aromatic nitrogens is 1. The summed E-state index contributed by atoms with van der Waals surface area (Å²) in [5.41, 5.74) is 0.909. The number of pyridine rings is 1. The average Bonchev–Trinajstić information content (AvgIpc) is 3.59. The van der Waals surface area contributed by atoms with Crippen molar-refractivity contribution >= 4 is 40.8 Å². The van der Waals surface area contributed by atoms with Gasteiger partial charge in [0.15, 0.2) is 0 Å². The molecule has 3 saturated heterocycles. The number of rotatable bonds is 8. The van der Waals surface area contributed by atoms with Gasteiger partial charge in [-0.1, -0.05) is 19.4 Å². The maximum absolute atomic E-state index is 14.3. The van der Waals surface area contributed by atoms with Crippen LogP contribution >= 0.6 is 18.9 Å². The largest absolute Gasteiger partial charge is 0.496 e. The first kappa shape index (κ1) is 32.1. The molecular formula is C32H40FN4O6PS. The predicted molar refractivity (Wildman–Crippen MR) is 170 cm³/mol. The van der Waals surface area contributed by atoms with Gasteiger partial charge >= 0.3 is 7.60 Å². The lowest BCUT2D eigenvalue weighted by atomic mass is 9.88. The molecule has 0 bridgehead atoms. The fraction of sp³-hybridized carbons (Fsp3) is 0.531. The Hall–Kier alpha value is -2.89. The first-order chi connectivity index (χ1) is 21.5. The highest BCUT2D eigenvalue weighted by Crippen LogP contribution is 2.53. The van der Waals surface area contributed by atoms with E-state index in [-0.39, 0.29) is 35.4 Å². The molecule has 5 heterocycles. The van der Waals surface area contributed by atoms with E-state index in [1.165, 1.54) is 23.5 Å². The van der Waals surface area contributed by atoms with Gasteiger partial charge in [-0.2, -0.15) is 0 Å². The Morgan fingerprint density at radius 2 is 1.96 bits per heavy atom. The summed E-state index contributed by atoms with van der Waals surface area (Å²) in [7, 11) is -3.29. The molecule has 45 heavy (non-hydrogen) atoms. The van der Waals surface area contributed by atoms with Gasteiger partial charge in [0.05, 0.1) is 18.0 Å². The van der Waals surface area contributed by atoms with Gasteiger partial charge in [-0.3, -0.25) is 24.0 Å². The molecule has 3 N–H and O–H groups in total. The molecule has 0 aliphatic carbocycles. The lowest BCUT2D eigenvalue weighted by Gasteiger charge is -2.44. The van der Waals surface area contributed by atoms with E-state index in [9.17, 15) is 28.3 Å². The van der Waals surface area contributed by atoms with Gasteiger partial charge in [0.2, 0.25) is 11.8 Å². The number of alkyl halides is 1. The van der Waals surface area contributed by atoms with Crippen LogP contribution in [0.2, 0.25) is 0 Å². The molecule has 6 rings (SSSR count). The van der Waals surface area contributed by atoms with Crippen LogP contribution in [0.25, 0.3) is 10.1 Å². The number of nitrogens with zero attached hydrogens (tertiary/aromatic N) is 3. The van der Waals surface area contributed by atoms with Gasteiger partial charge in [-0.25, -0.2) is 4.39 Å². The SMILES string of the molecule is CC[C@@H]1CC[C@H](NC(=O)c2cc3cc(C(F)P(=O)(O)O)ccc3s2)CN2[C@H](CC[C@H]2C(=O)N2CC(c3cnccc3OC)C2)C1. The van der Waals surface area contributed by atoms with E-state index in [1.807, 2.05) is 17.2 Å². The highest BCUT2D eigenvalue weighted by atomic mass is 32.1. The quantitative estimate of drug-likeness (QED) is 0.281. The van der Waals surface area contributed by atoms with Gasteiger partial charge in [-0.05, 0) is 73.2 Å². The first-order valence-electron chi connectivity index (χ1n) is 15.6. The van der Waals surface area contributed by atoms with Crippen molar-refractivity contribution in [3.05, 3.63) is 58.7 Å². The number of likely N-dealkylation sites (tertiary alicyclic amines) is 1. The van der Waals surface area contributed by atoms with Crippen molar-refractivity contribution in [2.75, 3.05) is 26.7 Å². The minimum Gasteiger partial charge on any atom is -0.496 e. The van der Waals surface area contributed by atoms with Crippen molar-refractivity contribution in [1.82, 2.24) is 20.1 Å². The molecule has 3 fully saturated rings. The van der Waals surface area contributed by atoms with Gasteiger partial charge in [0, 0.05) is 60.3 Å². The van der Waals surface area contributed by atoms with Crippen molar-refractivity contribution in [2.24, 2.45) is 5.92 Å². The third-order valence-corrected chi connectivity index (χ3v) is 11.8. The highest BCUT2D eigenvalue weighted by molar-refractivity contribution is 7.51. The number of hydrogen-bond donors (Lipinski definition) is 3. The summed E-state index contributed by atoms with van der Waals surface area (Å²) < 4.78 is 32.0. The number of nitrogens with one attached hydrogen (secondary N) is 1. The Balaban J connectivity index is 1.15. The summed E-state index contributed by atoms with van der Waals surface area (Å²) >= 11 is 1.26. The molecule has 2 amide bonds. The van der Waals surface area contributed by atoms with Crippen LogP contribution in [0.15, 0.2) is 42.7 Å². The predicted octanol–water partition coefficient (Wildman–Crippen LogP) is 5.22. The van der Waals surface area contributed by atoms with Crippen LogP contribution in [-0.4, -0.2) is 81.3 Å². The van der Waals surface area contributed by atoms with Gasteiger partial charge in [0.1, 0.15) is 5.75 Å². The molecule has 0 radical (unpaired) electrons. The molecular weight excluding hydrogens is 618 g/mol. The highest BCUT2D eigenvalue weighted by Gasteiger charge is 2.45. The van der Waals surface area contributed by atoms with Crippen molar-refractivity contribution in [3.63, 3.8) is 0 Å².